The zero-order chi connectivity index (χ0) is 14.1. The summed E-state index contributed by atoms with van der Waals surface area (Å²) in [5.74, 6) is -0.923. The van der Waals surface area contributed by atoms with Crippen molar-refractivity contribution in [3.8, 4) is 0 Å². The molecule has 0 aliphatic carbocycles. The molecule has 2 aromatic carbocycles. The lowest BCUT2D eigenvalue weighted by molar-refractivity contribution is 0.0698. The van der Waals surface area contributed by atoms with Crippen molar-refractivity contribution < 1.29 is 9.90 Å². The monoisotopic (exact) mass is 283 g/mol. The molecule has 0 aliphatic rings. The number of hydrogen-bond donors (Lipinski definition) is 2. The first kappa shape index (κ1) is 12.7. The van der Waals surface area contributed by atoms with Crippen molar-refractivity contribution >= 4 is 38.8 Å². The van der Waals surface area contributed by atoms with Crippen LogP contribution in [-0.2, 0) is 0 Å². The van der Waals surface area contributed by atoms with Crippen LogP contribution in [0.2, 0.25) is 0 Å². The van der Waals surface area contributed by atoms with Gasteiger partial charge < -0.3 is 10.4 Å². The van der Waals surface area contributed by atoms with Crippen LogP contribution in [0, 0.1) is 6.92 Å². The van der Waals surface area contributed by atoms with E-state index < -0.39 is 5.97 Å². The van der Waals surface area contributed by atoms with Gasteiger partial charge in [-0.3, -0.25) is 0 Å². The van der Waals surface area contributed by atoms with E-state index in [9.17, 15) is 9.90 Å². The fraction of sp³-hybridized carbons (Fsp3) is 0.0625. The Hall–Kier alpha value is -2.33. The lowest BCUT2D eigenvalue weighted by atomic mass is 10.1. The van der Waals surface area contributed by atoms with E-state index in [1.807, 2.05) is 36.6 Å². The van der Waals surface area contributed by atoms with Crippen LogP contribution >= 0.6 is 11.3 Å². The summed E-state index contributed by atoms with van der Waals surface area (Å²) >= 11 is 1.69. The summed E-state index contributed by atoms with van der Waals surface area (Å²) in [5.41, 5.74) is 2.72. The van der Waals surface area contributed by atoms with Crippen LogP contribution in [0.15, 0.2) is 47.8 Å². The van der Waals surface area contributed by atoms with Crippen molar-refractivity contribution in [1.29, 1.82) is 0 Å². The first-order chi connectivity index (χ1) is 9.63. The molecule has 0 atom stereocenters. The highest BCUT2D eigenvalue weighted by atomic mass is 32.1. The number of anilines is 2. The Morgan fingerprint density at radius 3 is 2.80 bits per heavy atom. The molecular weight excluding hydrogens is 270 g/mol. The Morgan fingerprint density at radius 2 is 2.00 bits per heavy atom. The van der Waals surface area contributed by atoms with Gasteiger partial charge in [0, 0.05) is 10.4 Å². The van der Waals surface area contributed by atoms with Crippen molar-refractivity contribution in [2.45, 2.75) is 6.92 Å². The molecule has 0 amide bonds. The molecule has 3 nitrogen and oxygen atoms in total. The predicted molar refractivity (Wildman–Crippen MR) is 83.2 cm³/mol. The van der Waals surface area contributed by atoms with Crippen molar-refractivity contribution in [1.82, 2.24) is 0 Å². The largest absolute Gasteiger partial charge is 0.478 e. The lowest BCUT2D eigenvalue weighted by Crippen LogP contribution is -2.03. The third-order valence-corrected chi connectivity index (χ3v) is 4.03. The maximum absolute atomic E-state index is 11.3. The third-order valence-electron chi connectivity index (χ3n) is 3.14. The summed E-state index contributed by atoms with van der Waals surface area (Å²) in [7, 11) is 0. The molecule has 0 aliphatic heterocycles. The highest BCUT2D eigenvalue weighted by molar-refractivity contribution is 7.17. The summed E-state index contributed by atoms with van der Waals surface area (Å²) in [6.07, 6.45) is 0. The number of rotatable bonds is 3. The van der Waals surface area contributed by atoms with E-state index in [4.69, 9.17) is 0 Å². The Morgan fingerprint density at radius 1 is 1.15 bits per heavy atom. The summed E-state index contributed by atoms with van der Waals surface area (Å²) in [6.45, 7) is 1.88. The molecule has 1 aromatic heterocycles. The fourth-order valence-corrected chi connectivity index (χ4v) is 2.91. The molecule has 2 N–H and O–H groups in total. The average molecular weight is 283 g/mol. The zero-order valence-corrected chi connectivity index (χ0v) is 11.7. The van der Waals surface area contributed by atoms with Gasteiger partial charge in [-0.25, -0.2) is 4.79 Å². The van der Waals surface area contributed by atoms with Crippen molar-refractivity contribution in [3.05, 3.63) is 59.0 Å². The lowest BCUT2D eigenvalue weighted by Gasteiger charge is -2.10. The summed E-state index contributed by atoms with van der Waals surface area (Å²) in [6, 6.07) is 13.5. The van der Waals surface area contributed by atoms with Gasteiger partial charge in [0.25, 0.3) is 0 Å². The number of benzene rings is 2. The van der Waals surface area contributed by atoms with Gasteiger partial charge in [0.15, 0.2) is 0 Å². The Kier molecular flexibility index (Phi) is 3.16. The zero-order valence-electron chi connectivity index (χ0n) is 10.9. The standard InChI is InChI=1S/C16H13NO2S/c1-10-2-4-14(13(8-10)16(18)19)17-12-3-5-15-11(9-12)6-7-20-15/h2-9,17H,1H3,(H,18,19). The second-order valence-electron chi connectivity index (χ2n) is 4.65. The van der Waals surface area contributed by atoms with Gasteiger partial charge in [0.1, 0.15) is 0 Å². The molecule has 20 heavy (non-hydrogen) atoms. The van der Waals surface area contributed by atoms with E-state index in [0.717, 1.165) is 16.6 Å². The Balaban J connectivity index is 1.99. The van der Waals surface area contributed by atoms with Crippen LogP contribution in [0.5, 0.6) is 0 Å². The SMILES string of the molecule is Cc1ccc(Nc2ccc3sccc3c2)c(C(=O)O)c1. The molecule has 100 valence electrons. The second-order valence-corrected chi connectivity index (χ2v) is 5.60. The van der Waals surface area contributed by atoms with Crippen molar-refractivity contribution in [3.63, 3.8) is 0 Å². The molecule has 0 fully saturated rings. The minimum Gasteiger partial charge on any atom is -0.478 e. The Bertz CT molecular complexity index is 792. The van der Waals surface area contributed by atoms with Gasteiger partial charge >= 0.3 is 5.97 Å². The number of carbonyl (C=O) groups is 1. The Labute approximate surface area is 120 Å². The maximum Gasteiger partial charge on any atom is 0.337 e. The van der Waals surface area contributed by atoms with E-state index in [2.05, 4.69) is 11.4 Å². The molecule has 3 rings (SSSR count). The van der Waals surface area contributed by atoms with Crippen LogP contribution in [0.25, 0.3) is 10.1 Å². The quantitative estimate of drug-likeness (QED) is 0.735. The van der Waals surface area contributed by atoms with Crippen molar-refractivity contribution in [2.75, 3.05) is 5.32 Å². The van der Waals surface area contributed by atoms with E-state index in [-0.39, 0.29) is 5.56 Å². The van der Waals surface area contributed by atoms with Crippen LogP contribution in [-0.4, -0.2) is 11.1 Å². The van der Waals surface area contributed by atoms with E-state index in [1.54, 1.807) is 23.5 Å². The molecule has 0 bridgehead atoms. The number of hydrogen-bond acceptors (Lipinski definition) is 3. The van der Waals surface area contributed by atoms with Gasteiger partial charge in [-0.2, -0.15) is 0 Å². The van der Waals surface area contributed by atoms with Crippen LogP contribution in [0.3, 0.4) is 0 Å². The number of fused-ring (bicyclic) bond motifs is 1. The average Bonchev–Trinajstić information content (AvgIpc) is 2.88. The highest BCUT2D eigenvalue weighted by Crippen LogP contribution is 2.27. The molecule has 3 aromatic rings. The summed E-state index contributed by atoms with van der Waals surface area (Å²) < 4.78 is 1.22. The minimum atomic E-state index is -0.923. The maximum atomic E-state index is 11.3. The van der Waals surface area contributed by atoms with Gasteiger partial charge in [0.2, 0.25) is 0 Å². The smallest absolute Gasteiger partial charge is 0.337 e. The van der Waals surface area contributed by atoms with E-state index >= 15 is 0 Å². The number of aromatic carboxylic acids is 1. The number of aryl methyl sites for hydroxylation is 1. The van der Waals surface area contributed by atoms with Gasteiger partial charge in [-0.1, -0.05) is 11.6 Å². The molecular formula is C16H13NO2S. The third kappa shape index (κ3) is 2.38. The molecule has 0 saturated carbocycles. The molecule has 0 radical (unpaired) electrons. The van der Waals surface area contributed by atoms with E-state index in [0.29, 0.717) is 5.69 Å². The number of carboxylic acid groups (broad SMARTS) is 1. The minimum absolute atomic E-state index is 0.287. The van der Waals surface area contributed by atoms with Crippen LogP contribution in [0.4, 0.5) is 11.4 Å². The summed E-state index contributed by atoms with van der Waals surface area (Å²) in [5, 5.41) is 15.7. The first-order valence-corrected chi connectivity index (χ1v) is 7.10. The second kappa shape index (κ2) is 4.98. The highest BCUT2D eigenvalue weighted by Gasteiger charge is 2.10. The first-order valence-electron chi connectivity index (χ1n) is 6.22. The van der Waals surface area contributed by atoms with Gasteiger partial charge in [-0.05, 0) is 54.1 Å². The van der Waals surface area contributed by atoms with Crippen molar-refractivity contribution in [2.24, 2.45) is 0 Å². The fourth-order valence-electron chi connectivity index (χ4n) is 2.14. The normalized spacial score (nSPS) is 10.7. The summed E-state index contributed by atoms with van der Waals surface area (Å²) in [4.78, 5) is 11.3. The number of nitrogens with one attached hydrogen (secondary N) is 1. The molecule has 4 heteroatoms. The van der Waals surface area contributed by atoms with Gasteiger partial charge in [-0.15, -0.1) is 11.3 Å². The topological polar surface area (TPSA) is 49.3 Å². The predicted octanol–water partition coefficient (Wildman–Crippen LogP) is 4.65. The van der Waals surface area contributed by atoms with Crippen LogP contribution in [0.1, 0.15) is 15.9 Å². The van der Waals surface area contributed by atoms with E-state index in [1.165, 1.54) is 4.70 Å². The molecule has 1 heterocycles. The molecule has 0 saturated heterocycles. The van der Waals surface area contributed by atoms with Gasteiger partial charge in [0.05, 0.1) is 11.3 Å². The molecule has 0 spiro atoms. The van der Waals surface area contributed by atoms with Crippen LogP contribution < -0.4 is 5.32 Å². The number of thiophene rings is 1. The number of carboxylic acids is 1. The molecule has 0 unspecified atom stereocenters.